The first-order valence-corrected chi connectivity index (χ1v) is 10.8. The Morgan fingerprint density at radius 1 is 1.32 bits per heavy atom. The first kappa shape index (κ1) is 23.7. The number of carbonyl (C=O) groups excluding carboxylic acids is 1. The lowest BCUT2D eigenvalue weighted by atomic mass is 9.80. The van der Waals surface area contributed by atoms with E-state index in [2.05, 4.69) is 47.6 Å². The van der Waals surface area contributed by atoms with Crippen LogP contribution >= 0.6 is 11.6 Å². The summed E-state index contributed by atoms with van der Waals surface area (Å²) in [6.45, 7) is 5.14. The highest BCUT2D eigenvalue weighted by atomic mass is 35.5. The zero-order valence-corrected chi connectivity index (χ0v) is 18.9. The molecule has 1 amide bonds. The molecule has 9 heteroatoms. The molecule has 0 spiro atoms. The lowest BCUT2D eigenvalue weighted by Crippen LogP contribution is -2.43. The Bertz CT molecular complexity index is 870. The minimum absolute atomic E-state index is 0.00566. The van der Waals surface area contributed by atoms with Crippen LogP contribution in [0.4, 0.5) is 18.9 Å². The highest BCUT2D eigenvalue weighted by Gasteiger charge is 2.44. The van der Waals surface area contributed by atoms with Gasteiger partial charge in [0.25, 0.3) is 0 Å². The topological polar surface area (TPSA) is 39.7 Å². The highest BCUT2D eigenvalue weighted by molar-refractivity contribution is 6.29. The summed E-state index contributed by atoms with van der Waals surface area (Å²) in [4.78, 5) is 20.9. The van der Waals surface area contributed by atoms with Crippen LogP contribution in [0.1, 0.15) is 31.7 Å². The molecule has 0 bridgehead atoms. The van der Waals surface area contributed by atoms with Gasteiger partial charge in [0, 0.05) is 50.9 Å². The molecule has 0 radical (unpaired) electrons. The van der Waals surface area contributed by atoms with Gasteiger partial charge < -0.3 is 14.7 Å². The summed E-state index contributed by atoms with van der Waals surface area (Å²) < 4.78 is 37.9. The number of halogens is 4. The van der Waals surface area contributed by atoms with Gasteiger partial charge in [-0.05, 0) is 38.8 Å². The second kappa shape index (κ2) is 9.25. The van der Waals surface area contributed by atoms with E-state index in [-0.39, 0.29) is 24.4 Å². The van der Waals surface area contributed by atoms with Gasteiger partial charge in [0.2, 0.25) is 0 Å². The Morgan fingerprint density at radius 3 is 2.61 bits per heavy atom. The van der Waals surface area contributed by atoms with Crippen molar-refractivity contribution >= 4 is 23.2 Å². The molecule has 1 atom stereocenters. The predicted octanol–water partition coefficient (Wildman–Crippen LogP) is 3.67. The Hall–Kier alpha value is -1.98. The van der Waals surface area contributed by atoms with Crippen molar-refractivity contribution in [3.8, 4) is 11.8 Å². The van der Waals surface area contributed by atoms with E-state index in [0.29, 0.717) is 17.1 Å². The van der Waals surface area contributed by atoms with Gasteiger partial charge >= 0.3 is 12.1 Å². The van der Waals surface area contributed by atoms with Crippen LogP contribution in [0.25, 0.3) is 0 Å². The summed E-state index contributed by atoms with van der Waals surface area (Å²) in [6.07, 6.45) is -0.723. The van der Waals surface area contributed by atoms with E-state index in [1.54, 1.807) is 12.3 Å². The number of piperidine rings is 1. The van der Waals surface area contributed by atoms with Gasteiger partial charge in [0.1, 0.15) is 5.15 Å². The number of hydrogen-bond acceptors (Lipinski definition) is 4. The van der Waals surface area contributed by atoms with E-state index in [9.17, 15) is 18.0 Å². The van der Waals surface area contributed by atoms with Gasteiger partial charge in [-0.15, -0.1) is 0 Å². The molecule has 2 aliphatic heterocycles. The molecule has 2 saturated heterocycles. The quantitative estimate of drug-likeness (QED) is 0.514. The molecule has 31 heavy (non-hydrogen) atoms. The second-order valence-electron chi connectivity index (χ2n) is 9.06. The molecule has 5 nitrogen and oxygen atoms in total. The summed E-state index contributed by atoms with van der Waals surface area (Å²) in [7, 11) is 4.17. The number of hydrogen-bond donors (Lipinski definition) is 0. The average Bonchev–Trinajstić information content (AvgIpc) is 3.14. The molecule has 2 fully saturated rings. The Balaban J connectivity index is 1.71. The van der Waals surface area contributed by atoms with Crippen LogP contribution in [0.5, 0.6) is 0 Å². The van der Waals surface area contributed by atoms with Gasteiger partial charge in [-0.2, -0.15) is 13.2 Å². The van der Waals surface area contributed by atoms with Crippen molar-refractivity contribution in [3.63, 3.8) is 0 Å². The van der Waals surface area contributed by atoms with Crippen molar-refractivity contribution in [2.75, 3.05) is 51.7 Å². The molecule has 3 heterocycles. The summed E-state index contributed by atoms with van der Waals surface area (Å²) in [5.41, 5.74) is 1.86. The number of nitrogens with zero attached hydrogens (tertiary/aromatic N) is 4. The Kier molecular flexibility index (Phi) is 7.07. The maximum absolute atomic E-state index is 12.6. The maximum Gasteiger partial charge on any atom is 0.471 e. The predicted molar refractivity (Wildman–Crippen MR) is 115 cm³/mol. The zero-order chi connectivity index (χ0) is 22.8. The van der Waals surface area contributed by atoms with Crippen LogP contribution in [0.2, 0.25) is 5.15 Å². The van der Waals surface area contributed by atoms with Crippen molar-refractivity contribution in [3.05, 3.63) is 23.0 Å². The second-order valence-corrected chi connectivity index (χ2v) is 9.45. The lowest BCUT2D eigenvalue weighted by Gasteiger charge is -2.42. The molecule has 0 saturated carbocycles. The van der Waals surface area contributed by atoms with E-state index < -0.39 is 12.1 Å². The molecule has 2 aliphatic rings. The van der Waals surface area contributed by atoms with Gasteiger partial charge in [0.15, 0.2) is 0 Å². The third kappa shape index (κ3) is 6.05. The Morgan fingerprint density at radius 2 is 2.00 bits per heavy atom. The van der Waals surface area contributed by atoms with Crippen molar-refractivity contribution in [1.82, 2.24) is 14.8 Å². The summed E-state index contributed by atoms with van der Waals surface area (Å²) in [6, 6.07) is 1.80. The molecule has 1 unspecified atom stereocenters. The number of anilines is 1. The molecule has 170 valence electrons. The van der Waals surface area contributed by atoms with Crippen molar-refractivity contribution in [1.29, 1.82) is 0 Å². The summed E-state index contributed by atoms with van der Waals surface area (Å²) in [5.74, 6) is 4.05. The SMILES string of the molecule is CN(C)CC1(C)CCN(c2cc(Cl)ncc2C#CC2CCN(C(=O)C(F)(F)F)C2)CC1. The number of rotatable bonds is 3. The van der Waals surface area contributed by atoms with Crippen molar-refractivity contribution in [2.45, 2.75) is 32.4 Å². The molecular weight excluding hydrogens is 429 g/mol. The van der Waals surface area contributed by atoms with Gasteiger partial charge in [0.05, 0.1) is 11.3 Å². The van der Waals surface area contributed by atoms with E-state index in [1.165, 1.54) is 0 Å². The Labute approximate surface area is 186 Å². The first-order valence-electron chi connectivity index (χ1n) is 10.4. The molecule has 0 N–H and O–H groups in total. The van der Waals surface area contributed by atoms with E-state index >= 15 is 0 Å². The standard InChI is InChI=1S/C22H28ClF3N4O/c1-21(15-28(2)3)7-10-29(11-8-21)18-12-19(23)27-13-17(18)5-4-16-6-9-30(14-16)20(31)22(24,25)26/h12-13,16H,6-11,14-15H2,1-3H3. The van der Waals surface area contributed by atoms with Gasteiger partial charge in [-0.1, -0.05) is 30.4 Å². The molecule has 0 aliphatic carbocycles. The molecule has 0 aromatic carbocycles. The number of likely N-dealkylation sites (tertiary alicyclic amines) is 1. The monoisotopic (exact) mass is 456 g/mol. The summed E-state index contributed by atoms with van der Waals surface area (Å²) in [5, 5.41) is 0.380. The molecule has 1 aromatic heterocycles. The van der Waals surface area contributed by atoms with Crippen LogP contribution < -0.4 is 4.90 Å². The largest absolute Gasteiger partial charge is 0.471 e. The fourth-order valence-corrected chi connectivity index (χ4v) is 4.56. The molecule has 1 aromatic rings. The van der Waals surface area contributed by atoms with Crippen LogP contribution in [-0.4, -0.2) is 73.7 Å². The van der Waals surface area contributed by atoms with Crippen LogP contribution in [0.15, 0.2) is 12.3 Å². The minimum Gasteiger partial charge on any atom is -0.370 e. The minimum atomic E-state index is -4.84. The van der Waals surface area contributed by atoms with Crippen molar-refractivity contribution < 1.29 is 18.0 Å². The van der Waals surface area contributed by atoms with Gasteiger partial charge in [-0.25, -0.2) is 4.98 Å². The van der Waals surface area contributed by atoms with E-state index in [4.69, 9.17) is 11.6 Å². The number of aromatic nitrogens is 1. The lowest BCUT2D eigenvalue weighted by molar-refractivity contribution is -0.184. The third-order valence-corrected chi connectivity index (χ3v) is 6.19. The smallest absolute Gasteiger partial charge is 0.370 e. The number of amides is 1. The van der Waals surface area contributed by atoms with Crippen LogP contribution in [-0.2, 0) is 4.79 Å². The first-order chi connectivity index (χ1) is 14.5. The number of carbonyl (C=O) groups is 1. The van der Waals surface area contributed by atoms with Gasteiger partial charge in [-0.3, -0.25) is 4.79 Å². The maximum atomic E-state index is 12.6. The normalized spacial score (nSPS) is 21.2. The molecular formula is C22H28ClF3N4O. The fraction of sp³-hybridized carbons (Fsp3) is 0.636. The van der Waals surface area contributed by atoms with Crippen molar-refractivity contribution in [2.24, 2.45) is 11.3 Å². The number of alkyl halides is 3. The highest BCUT2D eigenvalue weighted by Crippen LogP contribution is 2.35. The van der Waals surface area contributed by atoms with Crippen LogP contribution in [0.3, 0.4) is 0 Å². The fourth-order valence-electron chi connectivity index (χ4n) is 4.41. The zero-order valence-electron chi connectivity index (χ0n) is 18.1. The van der Waals surface area contributed by atoms with Crippen LogP contribution in [0, 0.1) is 23.2 Å². The average molecular weight is 457 g/mol. The van der Waals surface area contributed by atoms with E-state index in [1.807, 2.05) is 0 Å². The summed E-state index contributed by atoms with van der Waals surface area (Å²) >= 11 is 6.14. The third-order valence-electron chi connectivity index (χ3n) is 5.99. The van der Waals surface area contributed by atoms with E-state index in [0.717, 1.165) is 43.1 Å². The molecule has 3 rings (SSSR count). The number of pyridine rings is 1.